The van der Waals surface area contributed by atoms with Crippen LogP contribution in [0.25, 0.3) is 11.1 Å². The summed E-state index contributed by atoms with van der Waals surface area (Å²) in [5, 5.41) is 11.9. The van der Waals surface area contributed by atoms with Crippen molar-refractivity contribution in [2.45, 2.75) is 30.8 Å². The van der Waals surface area contributed by atoms with Gasteiger partial charge in [0, 0.05) is 18.2 Å². The van der Waals surface area contributed by atoms with Crippen molar-refractivity contribution < 1.29 is 29.0 Å². The van der Waals surface area contributed by atoms with Crippen molar-refractivity contribution in [1.82, 2.24) is 15.1 Å². The molecule has 2 aromatic rings. The predicted molar refractivity (Wildman–Crippen MR) is 133 cm³/mol. The molecule has 2 atom stereocenters. The highest BCUT2D eigenvalue weighted by Crippen LogP contribution is 2.44. The van der Waals surface area contributed by atoms with Crippen molar-refractivity contribution in [3.8, 4) is 11.1 Å². The quantitative estimate of drug-likeness (QED) is 0.615. The average Bonchev–Trinajstić information content (AvgIpc) is 3.63. The standard InChI is InChI=1S/C26H27N3O6S/c30-23(29-15-36-14-22(29)25(32)33)12-27-24(31)21-10-5-11-28(21)26(34)35-13-20-18-8-3-1-6-16(18)17-7-2-4-9-19(17)20/h1-4,6-9,20-22H,5,10-15H2,(H,27,31)(H,32,33)/t21-,22-/m0/s1. The molecule has 2 aliphatic heterocycles. The number of aliphatic carboxylic acids is 1. The van der Waals surface area contributed by atoms with Crippen molar-refractivity contribution in [1.29, 1.82) is 0 Å². The topological polar surface area (TPSA) is 116 Å². The molecule has 0 spiro atoms. The Kier molecular flexibility index (Phi) is 6.86. The number of carbonyl (C=O) groups is 4. The Morgan fingerprint density at radius 2 is 1.64 bits per heavy atom. The Morgan fingerprint density at radius 1 is 0.972 bits per heavy atom. The summed E-state index contributed by atoms with van der Waals surface area (Å²) < 4.78 is 5.72. The van der Waals surface area contributed by atoms with Gasteiger partial charge in [-0.15, -0.1) is 11.8 Å². The molecule has 3 amide bonds. The van der Waals surface area contributed by atoms with Gasteiger partial charge in [0.2, 0.25) is 11.8 Å². The van der Waals surface area contributed by atoms with E-state index in [2.05, 4.69) is 17.4 Å². The van der Waals surface area contributed by atoms with Gasteiger partial charge in [-0.25, -0.2) is 9.59 Å². The normalized spacial score (nSPS) is 20.7. The van der Waals surface area contributed by atoms with Gasteiger partial charge in [0.15, 0.2) is 0 Å². The van der Waals surface area contributed by atoms with Crippen LogP contribution in [0.1, 0.15) is 29.9 Å². The van der Waals surface area contributed by atoms with Gasteiger partial charge in [0.25, 0.3) is 0 Å². The average molecular weight is 510 g/mol. The van der Waals surface area contributed by atoms with Crippen molar-refractivity contribution in [2.75, 3.05) is 31.3 Å². The number of carbonyl (C=O) groups excluding carboxylic acids is 3. The summed E-state index contributed by atoms with van der Waals surface area (Å²) in [5.74, 6) is -1.42. The van der Waals surface area contributed by atoms with Gasteiger partial charge < -0.3 is 20.1 Å². The molecule has 0 bridgehead atoms. The first-order valence-corrected chi connectivity index (χ1v) is 13.1. The second kappa shape index (κ2) is 10.2. The second-order valence-corrected chi connectivity index (χ2v) is 10.1. The fourth-order valence-corrected chi connectivity index (χ4v) is 6.38. The number of carboxylic acid groups (broad SMARTS) is 1. The number of hydrogen-bond donors (Lipinski definition) is 2. The fraction of sp³-hybridized carbons (Fsp3) is 0.385. The molecule has 2 saturated heterocycles. The van der Waals surface area contributed by atoms with E-state index in [-0.39, 0.29) is 24.9 Å². The van der Waals surface area contributed by atoms with E-state index in [4.69, 9.17) is 4.74 Å². The third-order valence-electron chi connectivity index (χ3n) is 7.03. The van der Waals surface area contributed by atoms with Crippen LogP contribution in [0.4, 0.5) is 4.79 Å². The highest BCUT2D eigenvalue weighted by molar-refractivity contribution is 7.99. The minimum atomic E-state index is -1.06. The highest BCUT2D eigenvalue weighted by atomic mass is 32.2. The van der Waals surface area contributed by atoms with Crippen LogP contribution in [0.3, 0.4) is 0 Å². The van der Waals surface area contributed by atoms with E-state index in [1.54, 1.807) is 0 Å². The molecule has 0 aromatic heterocycles. The van der Waals surface area contributed by atoms with Crippen LogP contribution < -0.4 is 5.32 Å². The van der Waals surface area contributed by atoms with Crippen LogP contribution in [-0.4, -0.2) is 82.2 Å². The first-order valence-electron chi connectivity index (χ1n) is 11.9. The smallest absolute Gasteiger partial charge is 0.410 e. The third-order valence-corrected chi connectivity index (χ3v) is 8.04. The molecule has 2 N–H and O–H groups in total. The summed E-state index contributed by atoms with van der Waals surface area (Å²) in [5.41, 5.74) is 4.50. The van der Waals surface area contributed by atoms with Crippen LogP contribution in [0, 0.1) is 0 Å². The number of likely N-dealkylation sites (tertiary alicyclic amines) is 1. The number of nitrogens with one attached hydrogen (secondary N) is 1. The molecule has 1 aliphatic carbocycles. The van der Waals surface area contributed by atoms with Crippen molar-refractivity contribution >= 4 is 35.6 Å². The van der Waals surface area contributed by atoms with Crippen molar-refractivity contribution in [3.63, 3.8) is 0 Å². The molecule has 5 rings (SSSR count). The van der Waals surface area contributed by atoms with Crippen molar-refractivity contribution in [3.05, 3.63) is 59.7 Å². The number of ether oxygens (including phenoxy) is 1. The zero-order chi connectivity index (χ0) is 25.2. The monoisotopic (exact) mass is 509 g/mol. The first kappa shape index (κ1) is 24.2. The van der Waals surface area contributed by atoms with E-state index in [0.717, 1.165) is 22.3 Å². The summed E-state index contributed by atoms with van der Waals surface area (Å²) in [4.78, 5) is 52.3. The Labute approximate surface area is 212 Å². The molecule has 9 nitrogen and oxygen atoms in total. The number of benzene rings is 2. The highest BCUT2D eigenvalue weighted by Gasteiger charge is 2.38. The van der Waals surface area contributed by atoms with E-state index in [1.807, 2.05) is 36.4 Å². The number of fused-ring (bicyclic) bond motifs is 3. The minimum absolute atomic E-state index is 0.0747. The molecule has 2 aromatic carbocycles. The molecule has 36 heavy (non-hydrogen) atoms. The van der Waals surface area contributed by atoms with Gasteiger partial charge in [0.1, 0.15) is 18.7 Å². The van der Waals surface area contributed by atoms with E-state index >= 15 is 0 Å². The number of rotatable bonds is 6. The number of carboxylic acids is 1. The van der Waals surface area contributed by atoms with Gasteiger partial charge in [0.05, 0.1) is 12.4 Å². The van der Waals surface area contributed by atoms with E-state index in [9.17, 15) is 24.3 Å². The maximum Gasteiger partial charge on any atom is 0.410 e. The SMILES string of the molecule is O=C(O)[C@@H]1CSCN1C(=O)CNC(=O)[C@@H]1CCCN1C(=O)OCC1c2ccccc2-c2ccccc21. The van der Waals surface area contributed by atoms with E-state index < -0.39 is 36.0 Å². The Balaban J connectivity index is 1.18. The minimum Gasteiger partial charge on any atom is -0.480 e. The lowest BCUT2D eigenvalue weighted by molar-refractivity contribution is -0.147. The van der Waals surface area contributed by atoms with Gasteiger partial charge >= 0.3 is 12.1 Å². The van der Waals surface area contributed by atoms with Crippen LogP contribution in [0.2, 0.25) is 0 Å². The molecular formula is C26H27N3O6S. The zero-order valence-corrected chi connectivity index (χ0v) is 20.4. The van der Waals surface area contributed by atoms with E-state index in [0.29, 0.717) is 25.1 Å². The number of nitrogens with zero attached hydrogens (tertiary/aromatic N) is 2. The molecule has 0 unspecified atom stereocenters. The summed E-state index contributed by atoms with van der Waals surface area (Å²) in [6.07, 6.45) is 0.574. The van der Waals surface area contributed by atoms with Gasteiger partial charge in [-0.1, -0.05) is 48.5 Å². The summed E-state index contributed by atoms with van der Waals surface area (Å²) in [6, 6.07) is 14.5. The molecular weight excluding hydrogens is 482 g/mol. The third kappa shape index (κ3) is 4.53. The van der Waals surface area contributed by atoms with Gasteiger partial charge in [-0.05, 0) is 35.1 Å². The van der Waals surface area contributed by atoms with Crippen LogP contribution in [-0.2, 0) is 19.1 Å². The molecule has 2 heterocycles. The molecule has 2 fully saturated rings. The summed E-state index contributed by atoms with van der Waals surface area (Å²) >= 11 is 1.36. The fourth-order valence-electron chi connectivity index (χ4n) is 5.21. The lowest BCUT2D eigenvalue weighted by Gasteiger charge is -2.25. The van der Waals surface area contributed by atoms with Crippen molar-refractivity contribution in [2.24, 2.45) is 0 Å². The molecule has 10 heteroatoms. The van der Waals surface area contributed by atoms with Crippen LogP contribution in [0.15, 0.2) is 48.5 Å². The number of amides is 3. The molecule has 188 valence electrons. The van der Waals surface area contributed by atoms with Crippen LogP contribution >= 0.6 is 11.8 Å². The lowest BCUT2D eigenvalue weighted by Crippen LogP contribution is -2.50. The van der Waals surface area contributed by atoms with Gasteiger partial charge in [-0.3, -0.25) is 14.5 Å². The molecule has 0 radical (unpaired) electrons. The number of thioether (sulfide) groups is 1. The van der Waals surface area contributed by atoms with E-state index in [1.165, 1.54) is 21.6 Å². The summed E-state index contributed by atoms with van der Waals surface area (Å²) in [7, 11) is 0. The Hall–Kier alpha value is -3.53. The maximum atomic E-state index is 13.0. The zero-order valence-electron chi connectivity index (χ0n) is 19.6. The Morgan fingerprint density at radius 3 is 2.31 bits per heavy atom. The number of hydrogen-bond acceptors (Lipinski definition) is 6. The molecule has 3 aliphatic rings. The predicted octanol–water partition coefficient (Wildman–Crippen LogP) is 2.50. The lowest BCUT2D eigenvalue weighted by atomic mass is 9.98. The first-order chi connectivity index (χ1) is 17.5. The largest absolute Gasteiger partial charge is 0.480 e. The second-order valence-electron chi connectivity index (χ2n) is 9.09. The maximum absolute atomic E-state index is 13.0. The van der Waals surface area contributed by atoms with Crippen LogP contribution in [0.5, 0.6) is 0 Å². The Bertz CT molecular complexity index is 1160. The summed E-state index contributed by atoms with van der Waals surface area (Å²) in [6.45, 7) is 0.254. The van der Waals surface area contributed by atoms with Gasteiger partial charge in [-0.2, -0.15) is 0 Å². The molecule has 0 saturated carbocycles.